The molecular weight excluding hydrogens is 340 g/mol. The van der Waals surface area contributed by atoms with E-state index in [4.69, 9.17) is 4.74 Å². The lowest BCUT2D eigenvalue weighted by atomic mass is 10.0. The first-order chi connectivity index (χ1) is 13.1. The molecule has 2 atom stereocenters. The average molecular weight is 368 g/mol. The Labute approximate surface area is 160 Å². The van der Waals surface area contributed by atoms with E-state index in [0.29, 0.717) is 24.7 Å². The number of carbonyl (C=O) groups is 1. The number of aromatic nitrogens is 2. The zero-order chi connectivity index (χ0) is 18.8. The van der Waals surface area contributed by atoms with Crippen molar-refractivity contribution in [3.63, 3.8) is 0 Å². The zero-order valence-corrected chi connectivity index (χ0v) is 16.1. The van der Waals surface area contributed by atoms with Crippen molar-refractivity contribution in [1.82, 2.24) is 19.8 Å². The quantitative estimate of drug-likeness (QED) is 0.903. The maximum absolute atomic E-state index is 13.2. The lowest BCUT2D eigenvalue weighted by Gasteiger charge is -2.39. The number of nitrogens with zero attached hydrogens (tertiary/aromatic N) is 3. The van der Waals surface area contributed by atoms with E-state index in [-0.39, 0.29) is 18.1 Å². The van der Waals surface area contributed by atoms with Gasteiger partial charge in [0.2, 0.25) is 0 Å². The van der Waals surface area contributed by atoms with Gasteiger partial charge in [-0.05, 0) is 11.5 Å². The Bertz CT molecular complexity index is 763. The molecule has 4 rings (SSSR count). The fourth-order valence-electron chi connectivity index (χ4n) is 3.81. The summed E-state index contributed by atoms with van der Waals surface area (Å²) in [5.74, 6) is 1.35. The molecule has 1 aromatic carbocycles. The van der Waals surface area contributed by atoms with Crippen molar-refractivity contribution >= 4 is 5.91 Å². The molecular formula is C21H28N4O2. The predicted octanol–water partition coefficient (Wildman–Crippen LogP) is 2.27. The first kappa shape index (κ1) is 18.2. The van der Waals surface area contributed by atoms with Gasteiger partial charge in [-0.1, -0.05) is 44.2 Å². The molecule has 0 saturated carbocycles. The Morgan fingerprint density at radius 3 is 2.81 bits per heavy atom. The minimum absolute atomic E-state index is 0.0124. The maximum atomic E-state index is 13.2. The molecule has 0 unspecified atom stereocenters. The number of ether oxygens (including phenoxy) is 1. The van der Waals surface area contributed by atoms with Crippen LogP contribution < -0.4 is 5.32 Å². The topological polar surface area (TPSA) is 59.4 Å². The lowest BCUT2D eigenvalue weighted by Crippen LogP contribution is -2.48. The van der Waals surface area contributed by atoms with E-state index in [0.717, 1.165) is 37.4 Å². The number of hydrogen-bond donors (Lipinski definition) is 1. The average Bonchev–Trinajstić information content (AvgIpc) is 2.98. The molecule has 2 aliphatic rings. The Balaban J connectivity index is 1.56. The number of nitrogens with one attached hydrogen (secondary N) is 1. The SMILES string of the molecule is CC(C)[C@H]1CN(C(=O)c2cn3c(n2)CCNCC3)C[C@@H](c2ccccc2)O1. The Kier molecular flexibility index (Phi) is 5.27. The second kappa shape index (κ2) is 7.82. The van der Waals surface area contributed by atoms with E-state index in [9.17, 15) is 4.79 Å². The summed E-state index contributed by atoms with van der Waals surface area (Å²) in [7, 11) is 0. The van der Waals surface area contributed by atoms with Crippen LogP contribution in [0.15, 0.2) is 36.5 Å². The van der Waals surface area contributed by atoms with Crippen molar-refractivity contribution in [3.05, 3.63) is 53.6 Å². The van der Waals surface area contributed by atoms with E-state index in [1.807, 2.05) is 29.3 Å². The zero-order valence-electron chi connectivity index (χ0n) is 16.1. The standard InChI is InChI=1S/C21H28N4O2/c1-15(2)18-13-25(14-19(27-18)16-6-4-3-5-7-16)21(26)17-12-24-11-10-22-9-8-20(24)23-17/h3-7,12,15,18-19,22H,8-11,13-14H2,1-2H3/t18-,19+/m1/s1. The maximum Gasteiger partial charge on any atom is 0.274 e. The van der Waals surface area contributed by atoms with Crippen LogP contribution in [-0.4, -0.2) is 52.6 Å². The molecule has 0 bridgehead atoms. The third-order valence-electron chi connectivity index (χ3n) is 5.46. The summed E-state index contributed by atoms with van der Waals surface area (Å²) in [6.45, 7) is 8.16. The van der Waals surface area contributed by atoms with Crippen molar-refractivity contribution in [1.29, 1.82) is 0 Å². The van der Waals surface area contributed by atoms with Gasteiger partial charge in [-0.25, -0.2) is 4.98 Å². The van der Waals surface area contributed by atoms with Gasteiger partial charge in [-0.3, -0.25) is 4.79 Å². The summed E-state index contributed by atoms with van der Waals surface area (Å²) < 4.78 is 8.43. The monoisotopic (exact) mass is 368 g/mol. The van der Waals surface area contributed by atoms with E-state index < -0.39 is 0 Å². The number of carbonyl (C=O) groups excluding carboxylic acids is 1. The van der Waals surface area contributed by atoms with E-state index >= 15 is 0 Å². The van der Waals surface area contributed by atoms with Gasteiger partial charge in [0.05, 0.1) is 12.6 Å². The van der Waals surface area contributed by atoms with E-state index in [1.165, 1.54) is 0 Å². The molecule has 1 saturated heterocycles. The minimum atomic E-state index is -0.0964. The lowest BCUT2D eigenvalue weighted by molar-refractivity contribution is -0.0955. The Hall–Kier alpha value is -2.18. The van der Waals surface area contributed by atoms with Crippen LogP contribution in [0.3, 0.4) is 0 Å². The summed E-state index contributed by atoms with van der Waals surface area (Å²) in [6, 6.07) is 10.2. The highest BCUT2D eigenvalue weighted by Gasteiger charge is 2.34. The van der Waals surface area contributed by atoms with Crippen LogP contribution in [0.5, 0.6) is 0 Å². The number of hydrogen-bond acceptors (Lipinski definition) is 4. The number of imidazole rings is 1. The molecule has 2 aliphatic heterocycles. The summed E-state index contributed by atoms with van der Waals surface area (Å²) in [6.07, 6.45) is 2.71. The van der Waals surface area contributed by atoms with Crippen molar-refractivity contribution in [2.45, 2.75) is 39.0 Å². The molecule has 27 heavy (non-hydrogen) atoms. The largest absolute Gasteiger partial charge is 0.366 e. The molecule has 1 fully saturated rings. The molecule has 1 amide bonds. The van der Waals surface area contributed by atoms with Crippen molar-refractivity contribution < 1.29 is 9.53 Å². The summed E-state index contributed by atoms with van der Waals surface area (Å²) in [4.78, 5) is 19.8. The normalized spacial score (nSPS) is 23.1. The summed E-state index contributed by atoms with van der Waals surface area (Å²) in [5, 5.41) is 3.36. The van der Waals surface area contributed by atoms with E-state index in [1.54, 1.807) is 0 Å². The van der Waals surface area contributed by atoms with Crippen molar-refractivity contribution in [3.8, 4) is 0 Å². The Morgan fingerprint density at radius 2 is 2.04 bits per heavy atom. The third kappa shape index (κ3) is 3.92. The molecule has 3 heterocycles. The predicted molar refractivity (Wildman–Crippen MR) is 104 cm³/mol. The Morgan fingerprint density at radius 1 is 1.22 bits per heavy atom. The van der Waals surface area contributed by atoms with Crippen molar-refractivity contribution in [2.75, 3.05) is 26.2 Å². The molecule has 1 N–H and O–H groups in total. The van der Waals surface area contributed by atoms with Crippen LogP contribution in [0, 0.1) is 5.92 Å². The second-order valence-corrected chi connectivity index (χ2v) is 7.76. The smallest absolute Gasteiger partial charge is 0.274 e. The van der Waals surface area contributed by atoms with Gasteiger partial charge in [-0.15, -0.1) is 0 Å². The van der Waals surface area contributed by atoms with Crippen LogP contribution >= 0.6 is 0 Å². The highest BCUT2D eigenvalue weighted by molar-refractivity contribution is 5.92. The fourth-order valence-corrected chi connectivity index (χ4v) is 3.81. The number of amides is 1. The summed E-state index contributed by atoms with van der Waals surface area (Å²) in [5.41, 5.74) is 1.68. The van der Waals surface area contributed by atoms with Crippen LogP contribution in [0.1, 0.15) is 41.8 Å². The van der Waals surface area contributed by atoms with Gasteiger partial charge in [0.15, 0.2) is 0 Å². The second-order valence-electron chi connectivity index (χ2n) is 7.76. The summed E-state index contributed by atoms with van der Waals surface area (Å²) >= 11 is 0. The molecule has 1 aromatic heterocycles. The van der Waals surface area contributed by atoms with Gasteiger partial charge in [-0.2, -0.15) is 0 Å². The van der Waals surface area contributed by atoms with Gasteiger partial charge in [0, 0.05) is 38.8 Å². The molecule has 0 radical (unpaired) electrons. The van der Waals surface area contributed by atoms with Crippen LogP contribution in [0.25, 0.3) is 0 Å². The van der Waals surface area contributed by atoms with Gasteiger partial charge in [0.1, 0.15) is 17.6 Å². The van der Waals surface area contributed by atoms with Gasteiger partial charge < -0.3 is 19.5 Å². The van der Waals surface area contributed by atoms with Crippen LogP contribution in [0.4, 0.5) is 0 Å². The highest BCUT2D eigenvalue weighted by Crippen LogP contribution is 2.29. The van der Waals surface area contributed by atoms with Gasteiger partial charge in [0.25, 0.3) is 5.91 Å². The number of benzene rings is 1. The van der Waals surface area contributed by atoms with Crippen LogP contribution in [0.2, 0.25) is 0 Å². The molecule has 0 spiro atoms. The highest BCUT2D eigenvalue weighted by atomic mass is 16.5. The first-order valence-electron chi connectivity index (χ1n) is 9.88. The minimum Gasteiger partial charge on any atom is -0.366 e. The molecule has 144 valence electrons. The molecule has 2 aromatic rings. The van der Waals surface area contributed by atoms with Gasteiger partial charge >= 0.3 is 0 Å². The van der Waals surface area contributed by atoms with Crippen molar-refractivity contribution in [2.24, 2.45) is 5.92 Å². The first-order valence-corrected chi connectivity index (χ1v) is 9.88. The third-order valence-corrected chi connectivity index (χ3v) is 5.46. The number of fused-ring (bicyclic) bond motifs is 1. The van der Waals surface area contributed by atoms with Crippen LogP contribution in [-0.2, 0) is 17.7 Å². The molecule has 6 nitrogen and oxygen atoms in total. The van der Waals surface area contributed by atoms with E-state index in [2.05, 4.69) is 40.8 Å². The molecule has 0 aliphatic carbocycles. The number of morpholine rings is 1. The molecule has 6 heteroatoms. The number of rotatable bonds is 3. The fraction of sp³-hybridized carbons (Fsp3) is 0.524.